The lowest BCUT2D eigenvalue weighted by Crippen LogP contribution is -2.45. The van der Waals surface area contributed by atoms with Gasteiger partial charge in [0.05, 0.1) is 16.8 Å². The van der Waals surface area contributed by atoms with Crippen molar-refractivity contribution >= 4 is 52.1 Å². The van der Waals surface area contributed by atoms with Gasteiger partial charge in [0.2, 0.25) is 17.7 Å². The molecule has 0 aliphatic heterocycles. The molecule has 1 heterocycles. The van der Waals surface area contributed by atoms with E-state index in [1.165, 1.54) is 13.1 Å². The smallest absolute Gasteiger partial charge is 0.303 e. The number of hydrogen-bond donors (Lipinski definition) is 7. The first kappa shape index (κ1) is 28.5. The van der Waals surface area contributed by atoms with E-state index >= 15 is 0 Å². The molecule has 2 atom stereocenters. The number of carboxylic acids is 1. The van der Waals surface area contributed by atoms with Crippen LogP contribution < -0.4 is 33.2 Å². The molecule has 0 radical (unpaired) electrons. The van der Waals surface area contributed by atoms with Crippen LogP contribution >= 0.6 is 0 Å². The van der Waals surface area contributed by atoms with Gasteiger partial charge in [0.1, 0.15) is 12.1 Å². The molecule has 0 saturated heterocycles. The van der Waals surface area contributed by atoms with Crippen LogP contribution in [-0.4, -0.2) is 64.3 Å². The molecule has 0 unspecified atom stereocenters. The molecule has 10 N–H and O–H groups in total. The number of rotatable bonds is 13. The summed E-state index contributed by atoms with van der Waals surface area (Å²) in [7, 11) is 0. The number of carbonyl (C=O) groups is 5. The summed E-state index contributed by atoms with van der Waals surface area (Å²) >= 11 is 0. The van der Waals surface area contributed by atoms with Gasteiger partial charge < -0.3 is 38.3 Å². The maximum absolute atomic E-state index is 13.2. The molecule has 2 aromatic rings. The molecule has 0 aliphatic carbocycles. The minimum Gasteiger partial charge on any atom is -0.481 e. The molecule has 2 rings (SSSR count). The first-order valence-corrected chi connectivity index (χ1v) is 11.3. The lowest BCUT2D eigenvalue weighted by atomic mass is 10.1. The van der Waals surface area contributed by atoms with E-state index in [1.54, 1.807) is 24.3 Å². The van der Waals surface area contributed by atoms with Gasteiger partial charge in [0, 0.05) is 31.5 Å². The van der Waals surface area contributed by atoms with E-state index in [9.17, 15) is 24.0 Å². The number of aromatic nitrogens is 1. The molecule has 0 aliphatic rings. The predicted octanol–water partition coefficient (Wildman–Crippen LogP) is -0.820. The fourth-order valence-corrected chi connectivity index (χ4v) is 3.47. The molecule has 0 fully saturated rings. The van der Waals surface area contributed by atoms with Crippen LogP contribution in [0.15, 0.2) is 35.5 Å². The van der Waals surface area contributed by atoms with E-state index in [4.69, 9.17) is 22.3 Å². The Labute approximate surface area is 212 Å². The average molecular weight is 515 g/mol. The molecule has 14 nitrogen and oxygen atoms in total. The number of nitrogens with zero attached hydrogens (tertiary/aromatic N) is 2. The number of aliphatic carboxylic acids is 1. The van der Waals surface area contributed by atoms with E-state index in [1.807, 2.05) is 0 Å². The van der Waals surface area contributed by atoms with Crippen LogP contribution in [0.5, 0.6) is 0 Å². The largest absolute Gasteiger partial charge is 0.481 e. The van der Waals surface area contributed by atoms with Crippen LogP contribution in [0.1, 0.15) is 43.0 Å². The third-order valence-electron chi connectivity index (χ3n) is 5.20. The minimum absolute atomic E-state index is 0.0873. The summed E-state index contributed by atoms with van der Waals surface area (Å²) in [4.78, 5) is 68.8. The summed E-state index contributed by atoms with van der Waals surface area (Å²) in [6.07, 6.45) is 1.18. The van der Waals surface area contributed by atoms with Gasteiger partial charge in [-0.25, -0.2) is 0 Å². The number of nitrogens with one attached hydrogen (secondary N) is 3. The number of carbonyl (C=O) groups excluding carboxylic acids is 4. The lowest BCUT2D eigenvalue weighted by molar-refractivity contribution is -0.137. The number of fused-ring (bicyclic) bond motifs is 1. The van der Waals surface area contributed by atoms with Gasteiger partial charge in [-0.2, -0.15) is 0 Å². The number of carboxylic acid groups (broad SMARTS) is 1. The second-order valence-corrected chi connectivity index (χ2v) is 8.12. The van der Waals surface area contributed by atoms with Gasteiger partial charge in [-0.1, -0.05) is 18.2 Å². The third kappa shape index (κ3) is 8.76. The third-order valence-corrected chi connectivity index (χ3v) is 5.20. The number of benzene rings is 1. The Balaban J connectivity index is 2.38. The lowest BCUT2D eigenvalue weighted by Gasteiger charge is -2.20. The van der Waals surface area contributed by atoms with Crippen LogP contribution in [0.3, 0.4) is 0 Å². The molecule has 1 aromatic heterocycles. The second kappa shape index (κ2) is 13.4. The number of para-hydroxylation sites is 1. The summed E-state index contributed by atoms with van der Waals surface area (Å²) in [6, 6.07) is 4.48. The Morgan fingerprint density at radius 1 is 1.03 bits per heavy atom. The van der Waals surface area contributed by atoms with Gasteiger partial charge in [0.15, 0.2) is 5.96 Å². The van der Waals surface area contributed by atoms with E-state index in [-0.39, 0.29) is 36.6 Å². The van der Waals surface area contributed by atoms with Crippen LogP contribution in [-0.2, 0) is 19.2 Å². The zero-order valence-electron chi connectivity index (χ0n) is 20.2. The summed E-state index contributed by atoms with van der Waals surface area (Å²) < 4.78 is 0. The number of primary amides is 1. The Hall–Kier alpha value is -4.75. The summed E-state index contributed by atoms with van der Waals surface area (Å²) in [6.45, 7) is 1.50. The fourth-order valence-electron chi connectivity index (χ4n) is 3.47. The molecule has 37 heavy (non-hydrogen) atoms. The highest BCUT2D eigenvalue weighted by Gasteiger charge is 2.26. The van der Waals surface area contributed by atoms with Crippen LogP contribution in [0, 0.1) is 0 Å². The zero-order valence-corrected chi connectivity index (χ0v) is 20.2. The van der Waals surface area contributed by atoms with Crippen LogP contribution in [0.25, 0.3) is 10.9 Å². The highest BCUT2D eigenvalue weighted by molar-refractivity contribution is 6.13. The van der Waals surface area contributed by atoms with E-state index in [0.29, 0.717) is 17.3 Å². The Kier molecular flexibility index (Phi) is 10.3. The Bertz CT molecular complexity index is 1210. The van der Waals surface area contributed by atoms with Crippen molar-refractivity contribution in [3.63, 3.8) is 0 Å². The molecule has 0 spiro atoms. The SMILES string of the molecule is CC(=O)N[C@@H](CCCN=C(N)N)C(=O)Nc1c(C(=O)N[C@H](CCC(=O)O)C(N)=O)cnc2ccccc12. The molecule has 0 bridgehead atoms. The minimum atomic E-state index is -1.26. The number of amides is 4. The van der Waals surface area contributed by atoms with Gasteiger partial charge >= 0.3 is 5.97 Å². The molecular weight excluding hydrogens is 484 g/mol. The number of hydrogen-bond acceptors (Lipinski definition) is 7. The maximum Gasteiger partial charge on any atom is 0.303 e. The van der Waals surface area contributed by atoms with Gasteiger partial charge in [-0.05, 0) is 25.3 Å². The summed E-state index contributed by atoms with van der Waals surface area (Å²) in [5.41, 5.74) is 16.4. The van der Waals surface area contributed by atoms with Crippen molar-refractivity contribution < 1.29 is 29.1 Å². The highest BCUT2D eigenvalue weighted by atomic mass is 16.4. The molecule has 4 amide bonds. The molecule has 0 saturated carbocycles. The standard InChI is InChI=1S/C23H30N8O6/c1-12(32)29-17(7-4-10-27-23(25)26)22(37)31-19-13-5-2-3-6-15(13)28-11-14(19)21(36)30-16(20(24)35)8-9-18(33)34/h2-3,5-6,11,16-17H,4,7-10H2,1H3,(H2,24,35)(H,29,32)(H,30,36)(H,33,34)(H4,25,26,27)(H,28,31,37)/t16-,17+/m1/s1. The quantitative estimate of drug-likeness (QED) is 0.100. The van der Waals surface area contributed by atoms with E-state index in [2.05, 4.69) is 25.9 Å². The normalized spacial score (nSPS) is 12.1. The van der Waals surface area contributed by atoms with Crippen molar-refractivity contribution in [2.75, 3.05) is 11.9 Å². The van der Waals surface area contributed by atoms with E-state index in [0.717, 1.165) is 0 Å². The van der Waals surface area contributed by atoms with Crippen molar-refractivity contribution in [3.8, 4) is 0 Å². The average Bonchev–Trinajstić information content (AvgIpc) is 2.82. The maximum atomic E-state index is 13.2. The van der Waals surface area contributed by atoms with Crippen molar-refractivity contribution in [1.82, 2.24) is 15.6 Å². The topological polar surface area (TPSA) is 245 Å². The van der Waals surface area contributed by atoms with Crippen molar-refractivity contribution in [2.45, 2.75) is 44.7 Å². The second-order valence-electron chi connectivity index (χ2n) is 8.12. The van der Waals surface area contributed by atoms with Gasteiger partial charge in [-0.15, -0.1) is 0 Å². The summed E-state index contributed by atoms with van der Waals surface area (Å²) in [5.74, 6) is -4.03. The van der Waals surface area contributed by atoms with Gasteiger partial charge in [0.25, 0.3) is 5.91 Å². The Morgan fingerprint density at radius 2 is 1.73 bits per heavy atom. The van der Waals surface area contributed by atoms with Crippen molar-refractivity contribution in [1.29, 1.82) is 0 Å². The van der Waals surface area contributed by atoms with Gasteiger partial charge in [-0.3, -0.25) is 33.9 Å². The van der Waals surface area contributed by atoms with Crippen LogP contribution in [0.4, 0.5) is 5.69 Å². The molecular formula is C23H30N8O6. The predicted molar refractivity (Wildman–Crippen MR) is 135 cm³/mol. The summed E-state index contributed by atoms with van der Waals surface area (Å²) in [5, 5.41) is 17.0. The number of pyridine rings is 1. The van der Waals surface area contributed by atoms with Crippen LogP contribution in [0.2, 0.25) is 0 Å². The van der Waals surface area contributed by atoms with Crippen molar-refractivity contribution in [3.05, 3.63) is 36.0 Å². The first-order valence-electron chi connectivity index (χ1n) is 11.3. The highest BCUT2D eigenvalue weighted by Crippen LogP contribution is 2.26. The molecule has 198 valence electrons. The van der Waals surface area contributed by atoms with E-state index < -0.39 is 48.1 Å². The number of nitrogens with two attached hydrogens (primary N) is 3. The number of aliphatic imine (C=N–C) groups is 1. The number of guanidine groups is 1. The Morgan fingerprint density at radius 3 is 2.35 bits per heavy atom. The molecule has 14 heteroatoms. The number of anilines is 1. The fraction of sp³-hybridized carbons (Fsp3) is 0.348. The van der Waals surface area contributed by atoms with Crippen molar-refractivity contribution in [2.24, 2.45) is 22.2 Å². The first-order chi connectivity index (χ1) is 17.5. The molecule has 1 aromatic carbocycles. The monoisotopic (exact) mass is 514 g/mol. The zero-order chi connectivity index (χ0) is 27.5.